The Labute approximate surface area is 142 Å². The first-order chi connectivity index (χ1) is 11.7. The standard InChI is InChI=1S/C19H22N2O3/c1-23-18-9-5-14(6-10-18)12-24-13-15-3-2-4-17(11-15)21-19(22)20-16-7-8-16/h2-6,9-11,16H,7-8,12-13H2,1H3,(H2,20,21,22). The number of hydrogen-bond acceptors (Lipinski definition) is 3. The summed E-state index contributed by atoms with van der Waals surface area (Å²) < 4.78 is 10.9. The molecule has 0 atom stereocenters. The van der Waals surface area contributed by atoms with Gasteiger partial charge < -0.3 is 20.1 Å². The second-order valence-corrected chi connectivity index (χ2v) is 5.91. The molecule has 0 aliphatic heterocycles. The number of methoxy groups -OCH3 is 1. The monoisotopic (exact) mass is 326 g/mol. The Morgan fingerprint density at radius 2 is 1.83 bits per heavy atom. The number of nitrogens with one attached hydrogen (secondary N) is 2. The van der Waals surface area contributed by atoms with Crippen LogP contribution in [0.15, 0.2) is 48.5 Å². The number of benzene rings is 2. The number of carbonyl (C=O) groups is 1. The average Bonchev–Trinajstić information content (AvgIpc) is 3.39. The van der Waals surface area contributed by atoms with Crippen molar-refractivity contribution in [2.45, 2.75) is 32.1 Å². The molecule has 0 bridgehead atoms. The van der Waals surface area contributed by atoms with Crippen LogP contribution in [-0.2, 0) is 18.0 Å². The predicted octanol–water partition coefficient (Wildman–Crippen LogP) is 3.70. The van der Waals surface area contributed by atoms with Crippen LogP contribution < -0.4 is 15.4 Å². The zero-order valence-corrected chi connectivity index (χ0v) is 13.7. The Hall–Kier alpha value is -2.53. The lowest BCUT2D eigenvalue weighted by Gasteiger charge is -2.09. The molecule has 2 N–H and O–H groups in total. The highest BCUT2D eigenvalue weighted by Crippen LogP contribution is 2.19. The van der Waals surface area contributed by atoms with Crippen molar-refractivity contribution in [2.75, 3.05) is 12.4 Å². The molecule has 0 radical (unpaired) electrons. The lowest BCUT2D eigenvalue weighted by Crippen LogP contribution is -2.30. The smallest absolute Gasteiger partial charge is 0.319 e. The fraction of sp³-hybridized carbons (Fsp3) is 0.316. The molecule has 3 rings (SSSR count). The third-order valence-electron chi connectivity index (χ3n) is 3.79. The number of urea groups is 1. The van der Waals surface area contributed by atoms with Crippen molar-refractivity contribution in [1.82, 2.24) is 5.32 Å². The van der Waals surface area contributed by atoms with E-state index in [1.165, 1.54) is 0 Å². The quantitative estimate of drug-likeness (QED) is 0.816. The second-order valence-electron chi connectivity index (χ2n) is 5.91. The molecule has 5 heteroatoms. The van der Waals surface area contributed by atoms with Gasteiger partial charge in [-0.3, -0.25) is 0 Å². The van der Waals surface area contributed by atoms with Gasteiger partial charge in [-0.25, -0.2) is 4.79 Å². The minimum atomic E-state index is -0.145. The number of carbonyl (C=O) groups excluding carboxylic acids is 1. The highest BCUT2D eigenvalue weighted by atomic mass is 16.5. The summed E-state index contributed by atoms with van der Waals surface area (Å²) in [5.41, 5.74) is 2.89. The van der Waals surface area contributed by atoms with Crippen LogP contribution in [0.4, 0.5) is 10.5 Å². The van der Waals surface area contributed by atoms with Gasteiger partial charge in [0, 0.05) is 11.7 Å². The van der Waals surface area contributed by atoms with Crippen molar-refractivity contribution in [3.05, 3.63) is 59.7 Å². The van der Waals surface area contributed by atoms with E-state index in [0.717, 1.165) is 35.4 Å². The highest BCUT2D eigenvalue weighted by molar-refractivity contribution is 5.89. The number of amides is 2. The Bertz CT molecular complexity index is 681. The van der Waals surface area contributed by atoms with E-state index in [2.05, 4.69) is 10.6 Å². The van der Waals surface area contributed by atoms with Crippen LogP contribution in [0, 0.1) is 0 Å². The summed E-state index contributed by atoms with van der Waals surface area (Å²) in [6.45, 7) is 1.02. The van der Waals surface area contributed by atoms with E-state index in [9.17, 15) is 4.79 Å². The Morgan fingerprint density at radius 1 is 1.08 bits per heavy atom. The molecule has 0 saturated heterocycles. The van der Waals surface area contributed by atoms with Crippen LogP contribution in [0.5, 0.6) is 5.75 Å². The van der Waals surface area contributed by atoms with Crippen molar-refractivity contribution >= 4 is 11.7 Å². The zero-order chi connectivity index (χ0) is 16.8. The van der Waals surface area contributed by atoms with E-state index >= 15 is 0 Å². The molecule has 1 aliphatic rings. The van der Waals surface area contributed by atoms with E-state index in [0.29, 0.717) is 19.3 Å². The molecule has 0 unspecified atom stereocenters. The summed E-state index contributed by atoms with van der Waals surface area (Å²) in [5.74, 6) is 0.835. The Balaban J connectivity index is 1.47. The van der Waals surface area contributed by atoms with Gasteiger partial charge in [0.05, 0.1) is 20.3 Å². The SMILES string of the molecule is COc1ccc(COCc2cccc(NC(=O)NC3CC3)c2)cc1. The summed E-state index contributed by atoms with van der Waals surface area (Å²) in [6, 6.07) is 15.7. The molecule has 1 aliphatic carbocycles. The van der Waals surface area contributed by atoms with E-state index in [1.54, 1.807) is 7.11 Å². The van der Waals surface area contributed by atoms with Crippen LogP contribution in [0.25, 0.3) is 0 Å². The second kappa shape index (κ2) is 7.84. The first-order valence-electron chi connectivity index (χ1n) is 8.10. The van der Waals surface area contributed by atoms with E-state index in [-0.39, 0.29) is 6.03 Å². The normalized spacial score (nSPS) is 13.4. The topological polar surface area (TPSA) is 59.6 Å². The third kappa shape index (κ3) is 4.99. The minimum absolute atomic E-state index is 0.145. The molecule has 2 aromatic carbocycles. The van der Waals surface area contributed by atoms with Gasteiger partial charge in [0.25, 0.3) is 0 Å². The largest absolute Gasteiger partial charge is 0.497 e. The van der Waals surface area contributed by atoms with Gasteiger partial charge in [-0.05, 0) is 48.2 Å². The van der Waals surface area contributed by atoms with Gasteiger partial charge in [-0.2, -0.15) is 0 Å². The third-order valence-corrected chi connectivity index (χ3v) is 3.79. The summed E-state index contributed by atoms with van der Waals surface area (Å²) in [7, 11) is 1.65. The van der Waals surface area contributed by atoms with E-state index < -0.39 is 0 Å². The maximum absolute atomic E-state index is 11.8. The van der Waals surface area contributed by atoms with Crippen molar-refractivity contribution < 1.29 is 14.3 Å². The first kappa shape index (κ1) is 16.3. The summed E-state index contributed by atoms with van der Waals surface area (Å²) >= 11 is 0. The lowest BCUT2D eigenvalue weighted by molar-refractivity contribution is 0.107. The van der Waals surface area contributed by atoms with Crippen LogP contribution in [0.2, 0.25) is 0 Å². The highest BCUT2D eigenvalue weighted by Gasteiger charge is 2.23. The number of ether oxygens (including phenoxy) is 2. The summed E-state index contributed by atoms with van der Waals surface area (Å²) in [4.78, 5) is 11.8. The van der Waals surface area contributed by atoms with Crippen molar-refractivity contribution in [3.63, 3.8) is 0 Å². The molecule has 126 valence electrons. The summed E-state index contributed by atoms with van der Waals surface area (Å²) in [5, 5.41) is 5.76. The number of hydrogen-bond donors (Lipinski definition) is 2. The average molecular weight is 326 g/mol. The predicted molar refractivity (Wildman–Crippen MR) is 93.1 cm³/mol. The van der Waals surface area contributed by atoms with Gasteiger partial charge >= 0.3 is 6.03 Å². The first-order valence-corrected chi connectivity index (χ1v) is 8.10. The molecule has 5 nitrogen and oxygen atoms in total. The van der Waals surface area contributed by atoms with Gasteiger partial charge in [-0.1, -0.05) is 24.3 Å². The van der Waals surface area contributed by atoms with Crippen molar-refractivity contribution in [1.29, 1.82) is 0 Å². The van der Waals surface area contributed by atoms with Crippen molar-refractivity contribution in [2.24, 2.45) is 0 Å². The van der Waals surface area contributed by atoms with Gasteiger partial charge in [0.1, 0.15) is 5.75 Å². The van der Waals surface area contributed by atoms with Crippen LogP contribution >= 0.6 is 0 Å². The molecule has 0 spiro atoms. The number of anilines is 1. The molecular weight excluding hydrogens is 304 g/mol. The van der Waals surface area contributed by atoms with Crippen molar-refractivity contribution in [3.8, 4) is 5.75 Å². The molecular formula is C19H22N2O3. The molecule has 0 heterocycles. The number of rotatable bonds is 7. The van der Waals surface area contributed by atoms with Crippen LogP contribution in [0.3, 0.4) is 0 Å². The Kier molecular flexibility index (Phi) is 5.33. The van der Waals surface area contributed by atoms with Crippen LogP contribution in [-0.4, -0.2) is 19.2 Å². The molecule has 1 saturated carbocycles. The maximum atomic E-state index is 11.8. The van der Waals surface area contributed by atoms with Gasteiger partial charge in [0.2, 0.25) is 0 Å². The molecule has 2 aromatic rings. The minimum Gasteiger partial charge on any atom is -0.497 e. The van der Waals surface area contributed by atoms with E-state index in [1.807, 2.05) is 48.5 Å². The fourth-order valence-corrected chi connectivity index (χ4v) is 2.33. The fourth-order valence-electron chi connectivity index (χ4n) is 2.33. The van der Waals surface area contributed by atoms with Gasteiger partial charge in [0.15, 0.2) is 0 Å². The molecule has 24 heavy (non-hydrogen) atoms. The van der Waals surface area contributed by atoms with Crippen LogP contribution in [0.1, 0.15) is 24.0 Å². The van der Waals surface area contributed by atoms with Gasteiger partial charge in [-0.15, -0.1) is 0 Å². The molecule has 0 aromatic heterocycles. The van der Waals surface area contributed by atoms with E-state index in [4.69, 9.17) is 9.47 Å². The maximum Gasteiger partial charge on any atom is 0.319 e. The summed E-state index contributed by atoms with van der Waals surface area (Å²) in [6.07, 6.45) is 2.15. The molecule has 2 amide bonds. The molecule has 1 fully saturated rings. The zero-order valence-electron chi connectivity index (χ0n) is 13.7. The lowest BCUT2D eigenvalue weighted by atomic mass is 10.2. The Morgan fingerprint density at radius 3 is 2.54 bits per heavy atom.